The largest absolute Gasteiger partial charge is 0.481 e. The molecule has 1 amide bonds. The summed E-state index contributed by atoms with van der Waals surface area (Å²) in [6.45, 7) is 0. The van der Waals surface area contributed by atoms with E-state index >= 15 is 0 Å². The third-order valence-corrected chi connectivity index (χ3v) is 3.12. The van der Waals surface area contributed by atoms with Crippen LogP contribution in [0.5, 0.6) is 0 Å². The van der Waals surface area contributed by atoms with Crippen molar-refractivity contribution in [3.63, 3.8) is 0 Å². The number of benzene rings is 1. The van der Waals surface area contributed by atoms with E-state index in [0.29, 0.717) is 0 Å². The van der Waals surface area contributed by atoms with Crippen molar-refractivity contribution in [2.45, 2.75) is 12.5 Å². The second-order valence-electron chi connectivity index (χ2n) is 4.57. The maximum atomic E-state index is 13.2. The Hall–Kier alpha value is -2.77. The van der Waals surface area contributed by atoms with Gasteiger partial charge < -0.3 is 10.4 Å². The van der Waals surface area contributed by atoms with Gasteiger partial charge in [0.05, 0.1) is 10.8 Å². The average molecular weight is 294 g/mol. The van der Waals surface area contributed by atoms with Gasteiger partial charge in [0.25, 0.3) is 5.91 Å². The lowest BCUT2D eigenvalue weighted by Gasteiger charge is -2.12. The van der Waals surface area contributed by atoms with Gasteiger partial charge in [-0.25, -0.2) is 0 Å². The van der Waals surface area contributed by atoms with Crippen molar-refractivity contribution < 1.29 is 24.0 Å². The lowest BCUT2D eigenvalue weighted by molar-refractivity contribution is -0.387. The molecule has 0 bridgehead atoms. The lowest BCUT2D eigenvalue weighted by Crippen LogP contribution is -2.33. The molecule has 7 nitrogen and oxygen atoms in total. The van der Waals surface area contributed by atoms with Gasteiger partial charge in [0.1, 0.15) is 0 Å². The van der Waals surface area contributed by atoms with Crippen LogP contribution >= 0.6 is 0 Å². The zero-order chi connectivity index (χ0) is 15.6. The topological polar surface area (TPSA) is 110 Å². The summed E-state index contributed by atoms with van der Waals surface area (Å²) >= 11 is 0. The summed E-state index contributed by atoms with van der Waals surface area (Å²) < 4.78 is 13.2. The Kier molecular flexibility index (Phi) is 3.97. The van der Waals surface area contributed by atoms with E-state index in [1.54, 1.807) is 6.08 Å². The fraction of sp³-hybridized carbons (Fsp3) is 0.231. The zero-order valence-corrected chi connectivity index (χ0v) is 10.7. The van der Waals surface area contributed by atoms with E-state index in [0.717, 1.165) is 18.2 Å². The van der Waals surface area contributed by atoms with Gasteiger partial charge in [-0.15, -0.1) is 0 Å². The standard InChI is InChI=1S/C13H11FN2O5/c14-10-4-2-7(6-11(10)16(20)21)12(17)15-9-3-1-8(5-9)13(18)19/h1-4,6,8-9H,5H2,(H,15,17)(H,18,19). The van der Waals surface area contributed by atoms with Crippen molar-refractivity contribution in [3.8, 4) is 0 Å². The molecule has 1 aliphatic carbocycles. The average Bonchev–Trinajstić information content (AvgIpc) is 2.87. The molecular weight excluding hydrogens is 283 g/mol. The Bertz CT molecular complexity index is 643. The van der Waals surface area contributed by atoms with Gasteiger partial charge in [0, 0.05) is 17.7 Å². The number of rotatable bonds is 4. The Morgan fingerprint density at radius 2 is 2.10 bits per heavy atom. The number of carbonyl (C=O) groups excluding carboxylic acids is 1. The van der Waals surface area contributed by atoms with E-state index in [-0.39, 0.29) is 12.0 Å². The first-order valence-corrected chi connectivity index (χ1v) is 6.04. The van der Waals surface area contributed by atoms with Crippen LogP contribution in [0.2, 0.25) is 0 Å². The van der Waals surface area contributed by atoms with Gasteiger partial charge in [0.2, 0.25) is 5.82 Å². The van der Waals surface area contributed by atoms with E-state index in [4.69, 9.17) is 5.11 Å². The second-order valence-corrected chi connectivity index (χ2v) is 4.57. The highest BCUT2D eigenvalue weighted by molar-refractivity contribution is 5.95. The number of amides is 1. The minimum absolute atomic E-state index is 0.0599. The van der Waals surface area contributed by atoms with E-state index in [2.05, 4.69) is 5.32 Å². The molecule has 0 fully saturated rings. The molecule has 21 heavy (non-hydrogen) atoms. The number of hydrogen-bond donors (Lipinski definition) is 2. The van der Waals surface area contributed by atoms with Crippen LogP contribution in [0.15, 0.2) is 30.4 Å². The molecule has 0 aromatic heterocycles. The van der Waals surface area contributed by atoms with Crippen LogP contribution in [0.3, 0.4) is 0 Å². The van der Waals surface area contributed by atoms with Crippen molar-refractivity contribution in [1.29, 1.82) is 0 Å². The molecule has 0 spiro atoms. The van der Waals surface area contributed by atoms with Crippen molar-refractivity contribution in [3.05, 3.63) is 51.8 Å². The summed E-state index contributed by atoms with van der Waals surface area (Å²) in [6, 6.07) is 2.35. The highest BCUT2D eigenvalue weighted by atomic mass is 19.1. The molecule has 1 aromatic rings. The highest BCUT2D eigenvalue weighted by Crippen LogP contribution is 2.21. The highest BCUT2D eigenvalue weighted by Gasteiger charge is 2.26. The Balaban J connectivity index is 2.08. The zero-order valence-electron chi connectivity index (χ0n) is 10.7. The molecule has 2 unspecified atom stereocenters. The number of halogens is 1. The monoisotopic (exact) mass is 294 g/mol. The maximum absolute atomic E-state index is 13.2. The van der Waals surface area contributed by atoms with Gasteiger partial charge in [-0.05, 0) is 18.6 Å². The minimum Gasteiger partial charge on any atom is -0.481 e. The van der Waals surface area contributed by atoms with Crippen LogP contribution in [0, 0.1) is 21.8 Å². The first-order chi connectivity index (χ1) is 9.88. The number of aliphatic carboxylic acids is 1. The number of nitrogens with zero attached hydrogens (tertiary/aromatic N) is 1. The second kappa shape index (κ2) is 5.70. The number of nitro groups is 1. The van der Waals surface area contributed by atoms with E-state index < -0.39 is 40.3 Å². The lowest BCUT2D eigenvalue weighted by atomic mass is 10.1. The van der Waals surface area contributed by atoms with Crippen LogP contribution in [-0.2, 0) is 4.79 Å². The molecule has 8 heteroatoms. The molecule has 2 rings (SSSR count). The third-order valence-electron chi connectivity index (χ3n) is 3.12. The van der Waals surface area contributed by atoms with Crippen molar-refractivity contribution in [2.75, 3.05) is 0 Å². The van der Waals surface area contributed by atoms with Crippen molar-refractivity contribution >= 4 is 17.6 Å². The molecule has 0 saturated carbocycles. The SMILES string of the molecule is O=C(NC1C=CC(C(=O)O)C1)c1ccc(F)c([N+](=O)[O-])c1. The van der Waals surface area contributed by atoms with Crippen LogP contribution in [0.4, 0.5) is 10.1 Å². The van der Waals surface area contributed by atoms with Gasteiger partial charge in [0.15, 0.2) is 0 Å². The van der Waals surface area contributed by atoms with E-state index in [1.165, 1.54) is 6.08 Å². The number of carbonyl (C=O) groups is 2. The predicted octanol–water partition coefficient (Wildman–Crippen LogP) is 1.49. The summed E-state index contributed by atoms with van der Waals surface area (Å²) in [5.74, 6) is -3.31. The first kappa shape index (κ1) is 14.6. The summed E-state index contributed by atoms with van der Waals surface area (Å²) in [7, 11) is 0. The smallest absolute Gasteiger partial charge is 0.310 e. The molecule has 110 valence electrons. The Morgan fingerprint density at radius 3 is 2.67 bits per heavy atom. The number of carboxylic acid groups (broad SMARTS) is 1. The number of nitrogens with one attached hydrogen (secondary N) is 1. The Morgan fingerprint density at radius 1 is 1.38 bits per heavy atom. The fourth-order valence-corrected chi connectivity index (χ4v) is 2.03. The Labute approximate surface area is 118 Å². The van der Waals surface area contributed by atoms with Crippen molar-refractivity contribution in [1.82, 2.24) is 5.32 Å². The van der Waals surface area contributed by atoms with Crippen LogP contribution in [-0.4, -0.2) is 27.9 Å². The fourth-order valence-electron chi connectivity index (χ4n) is 2.03. The third kappa shape index (κ3) is 3.22. The molecule has 2 atom stereocenters. The number of nitro benzene ring substituents is 1. The van der Waals surface area contributed by atoms with Gasteiger partial charge in [-0.1, -0.05) is 12.2 Å². The predicted molar refractivity (Wildman–Crippen MR) is 69.2 cm³/mol. The van der Waals surface area contributed by atoms with Gasteiger partial charge >= 0.3 is 11.7 Å². The molecular formula is C13H11FN2O5. The normalized spacial score (nSPS) is 20.2. The number of hydrogen-bond acceptors (Lipinski definition) is 4. The molecule has 1 aliphatic rings. The van der Waals surface area contributed by atoms with Crippen LogP contribution in [0.1, 0.15) is 16.8 Å². The van der Waals surface area contributed by atoms with Crippen LogP contribution in [0.25, 0.3) is 0 Å². The molecule has 0 radical (unpaired) electrons. The van der Waals surface area contributed by atoms with E-state index in [1.807, 2.05) is 0 Å². The van der Waals surface area contributed by atoms with Crippen LogP contribution < -0.4 is 5.32 Å². The van der Waals surface area contributed by atoms with E-state index in [9.17, 15) is 24.1 Å². The van der Waals surface area contributed by atoms with Crippen molar-refractivity contribution in [2.24, 2.45) is 5.92 Å². The molecule has 0 saturated heterocycles. The van der Waals surface area contributed by atoms with Gasteiger partial charge in [-0.2, -0.15) is 4.39 Å². The first-order valence-electron chi connectivity index (χ1n) is 6.04. The summed E-state index contributed by atoms with van der Waals surface area (Å²) in [6.07, 6.45) is 3.24. The quantitative estimate of drug-likeness (QED) is 0.496. The van der Waals surface area contributed by atoms with Gasteiger partial charge in [-0.3, -0.25) is 19.7 Å². The summed E-state index contributed by atoms with van der Waals surface area (Å²) in [4.78, 5) is 32.4. The number of carboxylic acids is 1. The molecule has 0 aliphatic heterocycles. The summed E-state index contributed by atoms with van der Waals surface area (Å²) in [5.41, 5.74) is -0.844. The minimum atomic E-state index is -1.02. The molecule has 2 N–H and O–H groups in total. The molecule has 0 heterocycles. The maximum Gasteiger partial charge on any atom is 0.310 e. The summed E-state index contributed by atoms with van der Waals surface area (Å²) in [5, 5.41) is 22.0. The molecule has 1 aromatic carbocycles.